The van der Waals surface area contributed by atoms with Crippen molar-refractivity contribution in [2.45, 2.75) is 23.8 Å². The standard InChI is InChI=1S/C24H20FNO3S/c1-15-7-9-20(11-16(15)2)30(27,28)24-14-22(17-5-4-6-19(12-17)29-3)21-10-8-18(25)13-23(21)26-24/h4-14H,1-3H3. The molecule has 1 heterocycles. The van der Waals surface area contributed by atoms with Gasteiger partial charge >= 0.3 is 0 Å². The predicted octanol–water partition coefficient (Wildman–Crippen LogP) is 5.50. The molecule has 0 saturated heterocycles. The normalized spacial score (nSPS) is 11.6. The smallest absolute Gasteiger partial charge is 0.223 e. The fourth-order valence-electron chi connectivity index (χ4n) is 3.35. The molecule has 30 heavy (non-hydrogen) atoms. The van der Waals surface area contributed by atoms with Crippen LogP contribution in [0.3, 0.4) is 0 Å². The molecule has 0 aliphatic heterocycles. The number of nitrogens with zero attached hydrogens (tertiary/aromatic N) is 1. The van der Waals surface area contributed by atoms with Crippen molar-refractivity contribution in [3.63, 3.8) is 0 Å². The van der Waals surface area contributed by atoms with E-state index in [2.05, 4.69) is 4.98 Å². The summed E-state index contributed by atoms with van der Waals surface area (Å²) in [6.07, 6.45) is 0. The number of aromatic nitrogens is 1. The summed E-state index contributed by atoms with van der Waals surface area (Å²) in [5.41, 5.74) is 3.54. The molecule has 0 saturated carbocycles. The first-order chi connectivity index (χ1) is 14.3. The zero-order valence-corrected chi connectivity index (χ0v) is 17.6. The van der Waals surface area contributed by atoms with Crippen molar-refractivity contribution in [3.05, 3.63) is 83.7 Å². The van der Waals surface area contributed by atoms with Gasteiger partial charge in [0.25, 0.3) is 0 Å². The summed E-state index contributed by atoms with van der Waals surface area (Å²) < 4.78 is 45.9. The highest BCUT2D eigenvalue weighted by Gasteiger charge is 2.22. The molecule has 0 aliphatic carbocycles. The Morgan fingerprint density at radius 2 is 1.70 bits per heavy atom. The van der Waals surface area contributed by atoms with Crippen LogP contribution < -0.4 is 4.74 Å². The lowest BCUT2D eigenvalue weighted by atomic mass is 10.0. The summed E-state index contributed by atoms with van der Waals surface area (Å²) >= 11 is 0. The fraction of sp³-hybridized carbons (Fsp3) is 0.125. The third-order valence-corrected chi connectivity index (χ3v) is 6.83. The molecule has 4 aromatic rings. The van der Waals surface area contributed by atoms with E-state index < -0.39 is 15.7 Å². The van der Waals surface area contributed by atoms with E-state index in [1.165, 1.54) is 12.1 Å². The summed E-state index contributed by atoms with van der Waals surface area (Å²) in [5, 5.41) is 0.533. The molecule has 1 aromatic heterocycles. The Labute approximate surface area is 174 Å². The van der Waals surface area contributed by atoms with E-state index in [0.29, 0.717) is 16.7 Å². The largest absolute Gasteiger partial charge is 0.497 e. The molecule has 3 aromatic carbocycles. The van der Waals surface area contributed by atoms with Gasteiger partial charge in [0, 0.05) is 11.5 Å². The van der Waals surface area contributed by atoms with Crippen molar-refractivity contribution in [3.8, 4) is 16.9 Å². The van der Waals surface area contributed by atoms with E-state index in [9.17, 15) is 12.8 Å². The van der Waals surface area contributed by atoms with Crippen LogP contribution in [0.1, 0.15) is 11.1 Å². The number of ether oxygens (including phenoxy) is 1. The summed E-state index contributed by atoms with van der Waals surface area (Å²) in [4.78, 5) is 4.46. The summed E-state index contributed by atoms with van der Waals surface area (Å²) in [5.74, 6) is 0.158. The Morgan fingerprint density at radius 1 is 0.900 bits per heavy atom. The summed E-state index contributed by atoms with van der Waals surface area (Å²) in [6.45, 7) is 3.78. The Balaban J connectivity index is 2.00. The maximum absolute atomic E-state index is 13.9. The second kappa shape index (κ2) is 7.54. The van der Waals surface area contributed by atoms with Gasteiger partial charge in [0.1, 0.15) is 11.6 Å². The molecule has 0 atom stereocenters. The van der Waals surface area contributed by atoms with Gasteiger partial charge < -0.3 is 4.74 Å². The molecule has 4 nitrogen and oxygen atoms in total. The third kappa shape index (κ3) is 3.55. The lowest BCUT2D eigenvalue weighted by Gasteiger charge is -2.12. The number of sulfone groups is 1. The van der Waals surface area contributed by atoms with Gasteiger partial charge in [-0.3, -0.25) is 0 Å². The van der Waals surface area contributed by atoms with Crippen LogP contribution in [0.15, 0.2) is 76.7 Å². The molecule has 0 aliphatic rings. The van der Waals surface area contributed by atoms with Gasteiger partial charge in [-0.15, -0.1) is 0 Å². The molecule has 6 heteroatoms. The lowest BCUT2D eigenvalue weighted by Crippen LogP contribution is -2.06. The van der Waals surface area contributed by atoms with Crippen molar-refractivity contribution in [1.82, 2.24) is 4.98 Å². The number of aryl methyl sites for hydroxylation is 2. The van der Waals surface area contributed by atoms with Crippen molar-refractivity contribution in [2.24, 2.45) is 0 Å². The number of rotatable bonds is 4. The quantitative estimate of drug-likeness (QED) is 0.437. The van der Waals surface area contributed by atoms with Crippen molar-refractivity contribution >= 4 is 20.7 Å². The predicted molar refractivity (Wildman–Crippen MR) is 115 cm³/mol. The van der Waals surface area contributed by atoms with Crippen LogP contribution in [0.2, 0.25) is 0 Å². The molecular formula is C24H20FNO3S. The Hall–Kier alpha value is -3.25. The van der Waals surface area contributed by atoms with E-state index in [1.54, 1.807) is 43.5 Å². The Morgan fingerprint density at radius 3 is 2.43 bits per heavy atom. The molecule has 0 unspecified atom stereocenters. The van der Waals surface area contributed by atoms with Crippen molar-refractivity contribution in [2.75, 3.05) is 7.11 Å². The van der Waals surface area contributed by atoms with E-state index in [4.69, 9.17) is 4.74 Å². The first-order valence-corrected chi connectivity index (χ1v) is 10.8. The second-order valence-electron chi connectivity index (χ2n) is 7.15. The minimum atomic E-state index is -3.89. The van der Waals surface area contributed by atoms with Crippen LogP contribution in [0.5, 0.6) is 5.75 Å². The molecular weight excluding hydrogens is 401 g/mol. The number of hydrogen-bond donors (Lipinski definition) is 0. The number of fused-ring (bicyclic) bond motifs is 1. The first-order valence-electron chi connectivity index (χ1n) is 9.36. The van der Waals surface area contributed by atoms with Gasteiger partial charge in [-0.25, -0.2) is 17.8 Å². The number of hydrogen-bond acceptors (Lipinski definition) is 4. The van der Waals surface area contributed by atoms with Crippen LogP contribution in [0.25, 0.3) is 22.0 Å². The van der Waals surface area contributed by atoms with Gasteiger partial charge in [0.05, 0.1) is 17.5 Å². The van der Waals surface area contributed by atoms with Gasteiger partial charge in [-0.2, -0.15) is 0 Å². The minimum absolute atomic E-state index is 0.123. The molecule has 152 valence electrons. The third-order valence-electron chi connectivity index (χ3n) is 5.19. The summed E-state index contributed by atoms with van der Waals surface area (Å²) in [7, 11) is -2.33. The maximum atomic E-state index is 13.9. The van der Waals surface area contributed by atoms with Crippen LogP contribution in [0, 0.1) is 19.7 Å². The van der Waals surface area contributed by atoms with Gasteiger partial charge in [0.2, 0.25) is 9.84 Å². The molecule has 0 spiro atoms. The van der Waals surface area contributed by atoms with Crippen LogP contribution >= 0.6 is 0 Å². The summed E-state index contributed by atoms with van der Waals surface area (Å²) in [6, 6.07) is 18.0. The zero-order chi connectivity index (χ0) is 21.5. The SMILES string of the molecule is COc1cccc(-c2cc(S(=O)(=O)c3ccc(C)c(C)c3)nc3cc(F)ccc23)c1. The Bertz CT molecular complexity index is 1380. The number of pyridine rings is 1. The molecule has 4 rings (SSSR count). The number of benzene rings is 3. The molecule has 0 fully saturated rings. The van der Waals surface area contributed by atoms with Crippen LogP contribution in [-0.2, 0) is 9.84 Å². The van der Waals surface area contributed by atoms with Crippen molar-refractivity contribution in [1.29, 1.82) is 0 Å². The zero-order valence-electron chi connectivity index (χ0n) is 16.8. The Kier molecular flexibility index (Phi) is 5.03. The maximum Gasteiger partial charge on any atom is 0.223 e. The molecule has 0 bridgehead atoms. The number of halogens is 1. The fourth-order valence-corrected chi connectivity index (χ4v) is 4.66. The van der Waals surface area contributed by atoms with E-state index >= 15 is 0 Å². The van der Waals surface area contributed by atoms with Gasteiger partial charge in [-0.1, -0.05) is 18.2 Å². The van der Waals surface area contributed by atoms with Gasteiger partial charge in [0.15, 0.2) is 5.03 Å². The van der Waals surface area contributed by atoms with Crippen LogP contribution in [-0.4, -0.2) is 20.5 Å². The highest BCUT2D eigenvalue weighted by atomic mass is 32.2. The molecule has 0 radical (unpaired) electrons. The topological polar surface area (TPSA) is 56.3 Å². The van der Waals surface area contributed by atoms with E-state index in [1.807, 2.05) is 32.0 Å². The molecule has 0 N–H and O–H groups in total. The van der Waals surface area contributed by atoms with Crippen LogP contribution in [0.4, 0.5) is 4.39 Å². The highest BCUT2D eigenvalue weighted by Crippen LogP contribution is 2.34. The second-order valence-corrected chi connectivity index (χ2v) is 9.05. The average Bonchev–Trinajstić information content (AvgIpc) is 2.74. The van der Waals surface area contributed by atoms with Gasteiger partial charge in [-0.05, 0) is 78.6 Å². The monoisotopic (exact) mass is 421 g/mol. The average molecular weight is 421 g/mol. The first kappa shape index (κ1) is 20.0. The minimum Gasteiger partial charge on any atom is -0.497 e. The number of methoxy groups -OCH3 is 1. The molecule has 0 amide bonds. The highest BCUT2D eigenvalue weighted by molar-refractivity contribution is 7.91. The van der Waals surface area contributed by atoms with E-state index in [0.717, 1.165) is 16.7 Å². The van der Waals surface area contributed by atoms with Crippen molar-refractivity contribution < 1.29 is 17.5 Å². The lowest BCUT2D eigenvalue weighted by molar-refractivity contribution is 0.415. The van der Waals surface area contributed by atoms with E-state index in [-0.39, 0.29) is 15.4 Å².